The van der Waals surface area contributed by atoms with Crippen molar-refractivity contribution in [1.82, 2.24) is 20.3 Å². The molecule has 0 radical (unpaired) electrons. The van der Waals surface area contributed by atoms with Crippen LogP contribution in [0.4, 0.5) is 0 Å². The third-order valence-corrected chi connectivity index (χ3v) is 3.11. The van der Waals surface area contributed by atoms with Crippen LogP contribution in [0.1, 0.15) is 24.8 Å². The van der Waals surface area contributed by atoms with Crippen LogP contribution in [0.3, 0.4) is 0 Å². The number of hydrogen-bond donors (Lipinski definition) is 1. The van der Waals surface area contributed by atoms with Gasteiger partial charge < -0.3 is 5.32 Å². The summed E-state index contributed by atoms with van der Waals surface area (Å²) in [5.41, 5.74) is 1.41. The van der Waals surface area contributed by atoms with Crippen molar-refractivity contribution < 1.29 is 0 Å². The summed E-state index contributed by atoms with van der Waals surface area (Å²) in [6.07, 6.45) is 4.74. The Bertz CT molecular complexity index is 424. The van der Waals surface area contributed by atoms with E-state index in [1.165, 1.54) is 5.56 Å². The van der Waals surface area contributed by atoms with Gasteiger partial charge in [0.15, 0.2) is 0 Å². The number of rotatable bonds is 7. The van der Waals surface area contributed by atoms with Crippen molar-refractivity contribution in [1.29, 1.82) is 0 Å². The van der Waals surface area contributed by atoms with Crippen molar-refractivity contribution in [3.63, 3.8) is 0 Å². The Balaban J connectivity index is 1.61. The van der Waals surface area contributed by atoms with E-state index in [9.17, 15) is 0 Å². The topological polar surface area (TPSA) is 42.7 Å². The molecule has 4 nitrogen and oxygen atoms in total. The van der Waals surface area contributed by atoms with Crippen molar-refractivity contribution in [2.45, 2.75) is 25.8 Å². The Labute approximate surface area is 108 Å². The number of nitrogens with zero attached hydrogens (tertiary/aromatic N) is 3. The van der Waals surface area contributed by atoms with Crippen molar-refractivity contribution >= 4 is 0 Å². The highest BCUT2D eigenvalue weighted by atomic mass is 15.4. The van der Waals surface area contributed by atoms with Crippen molar-refractivity contribution in [2.24, 2.45) is 0 Å². The van der Waals surface area contributed by atoms with E-state index in [4.69, 9.17) is 0 Å². The van der Waals surface area contributed by atoms with Crippen molar-refractivity contribution in [3.05, 3.63) is 48.3 Å². The Morgan fingerprint density at radius 3 is 2.78 bits per heavy atom. The third-order valence-electron chi connectivity index (χ3n) is 3.11. The van der Waals surface area contributed by atoms with Crippen LogP contribution in [-0.2, 0) is 6.54 Å². The molecule has 1 aromatic carbocycles. The molecule has 96 valence electrons. The normalized spacial score (nSPS) is 12.5. The van der Waals surface area contributed by atoms with E-state index in [-0.39, 0.29) is 0 Å². The predicted octanol–water partition coefficient (Wildman–Crippen LogP) is 2.06. The second kappa shape index (κ2) is 6.91. The van der Waals surface area contributed by atoms with Crippen molar-refractivity contribution in [2.75, 3.05) is 13.1 Å². The summed E-state index contributed by atoms with van der Waals surface area (Å²) >= 11 is 0. The first-order valence-corrected chi connectivity index (χ1v) is 6.46. The largest absolute Gasteiger partial charge is 0.315 e. The summed E-state index contributed by atoms with van der Waals surface area (Å²) in [5.74, 6) is 0.602. The number of hydrogen-bond acceptors (Lipinski definition) is 3. The second-order valence-electron chi connectivity index (χ2n) is 4.52. The minimum absolute atomic E-state index is 0.602. The highest BCUT2D eigenvalue weighted by Gasteiger charge is 2.03. The van der Waals surface area contributed by atoms with Crippen LogP contribution in [0, 0.1) is 0 Å². The Morgan fingerprint density at radius 2 is 2.06 bits per heavy atom. The molecule has 0 aliphatic rings. The van der Waals surface area contributed by atoms with Crippen LogP contribution in [-0.4, -0.2) is 28.1 Å². The third kappa shape index (κ3) is 3.96. The van der Waals surface area contributed by atoms with Gasteiger partial charge in [0.05, 0.1) is 12.7 Å². The zero-order valence-electron chi connectivity index (χ0n) is 10.8. The molecular formula is C14H20N4. The standard InChI is InChI=1S/C14H20N4/c1-13(14-5-3-2-4-6-14)7-8-15-9-11-18-12-10-16-17-18/h2-6,10,12-13,15H,7-9,11H2,1H3. The van der Waals surface area contributed by atoms with E-state index in [0.717, 1.165) is 26.1 Å². The zero-order valence-corrected chi connectivity index (χ0v) is 10.8. The maximum atomic E-state index is 3.92. The first kappa shape index (κ1) is 12.8. The number of nitrogens with one attached hydrogen (secondary N) is 1. The molecule has 4 heteroatoms. The van der Waals surface area contributed by atoms with Gasteiger partial charge in [-0.25, -0.2) is 0 Å². The van der Waals surface area contributed by atoms with Crippen LogP contribution >= 0.6 is 0 Å². The molecule has 1 heterocycles. The summed E-state index contributed by atoms with van der Waals surface area (Å²) < 4.78 is 1.84. The number of benzene rings is 1. The summed E-state index contributed by atoms with van der Waals surface area (Å²) in [4.78, 5) is 0. The fraction of sp³-hybridized carbons (Fsp3) is 0.429. The van der Waals surface area contributed by atoms with Crippen LogP contribution in [0.25, 0.3) is 0 Å². The van der Waals surface area contributed by atoms with Gasteiger partial charge in [0.1, 0.15) is 0 Å². The molecule has 1 atom stereocenters. The van der Waals surface area contributed by atoms with E-state index < -0.39 is 0 Å². The molecule has 0 saturated carbocycles. The average Bonchev–Trinajstić information content (AvgIpc) is 2.92. The molecule has 0 saturated heterocycles. The smallest absolute Gasteiger partial charge is 0.0692 e. The van der Waals surface area contributed by atoms with Gasteiger partial charge in [-0.15, -0.1) is 5.10 Å². The lowest BCUT2D eigenvalue weighted by molar-refractivity contribution is 0.522. The van der Waals surface area contributed by atoms with Gasteiger partial charge >= 0.3 is 0 Å². The zero-order chi connectivity index (χ0) is 12.6. The molecule has 18 heavy (non-hydrogen) atoms. The fourth-order valence-corrected chi connectivity index (χ4v) is 1.94. The van der Waals surface area contributed by atoms with Crippen LogP contribution in [0.5, 0.6) is 0 Å². The maximum Gasteiger partial charge on any atom is 0.0692 e. The Hall–Kier alpha value is -1.68. The Kier molecular flexibility index (Phi) is 4.90. The first-order valence-electron chi connectivity index (χ1n) is 6.46. The highest BCUT2D eigenvalue weighted by molar-refractivity contribution is 5.18. The monoisotopic (exact) mass is 244 g/mol. The lowest BCUT2D eigenvalue weighted by Gasteiger charge is -2.12. The van der Waals surface area contributed by atoms with E-state index >= 15 is 0 Å². The van der Waals surface area contributed by atoms with E-state index in [1.54, 1.807) is 6.20 Å². The second-order valence-corrected chi connectivity index (χ2v) is 4.52. The average molecular weight is 244 g/mol. The van der Waals surface area contributed by atoms with Crippen LogP contribution in [0.2, 0.25) is 0 Å². The molecule has 0 fully saturated rings. The molecule has 0 spiro atoms. The Morgan fingerprint density at radius 1 is 1.22 bits per heavy atom. The van der Waals surface area contributed by atoms with Gasteiger partial charge in [-0.05, 0) is 24.4 Å². The van der Waals surface area contributed by atoms with Gasteiger partial charge in [-0.2, -0.15) is 0 Å². The van der Waals surface area contributed by atoms with Gasteiger partial charge in [-0.3, -0.25) is 4.68 Å². The van der Waals surface area contributed by atoms with E-state index in [0.29, 0.717) is 5.92 Å². The fourth-order valence-electron chi connectivity index (χ4n) is 1.94. The van der Waals surface area contributed by atoms with Gasteiger partial charge in [0.2, 0.25) is 0 Å². The predicted molar refractivity (Wildman–Crippen MR) is 72.4 cm³/mol. The van der Waals surface area contributed by atoms with Gasteiger partial charge in [0.25, 0.3) is 0 Å². The molecule has 1 N–H and O–H groups in total. The lowest BCUT2D eigenvalue weighted by atomic mass is 9.98. The minimum Gasteiger partial charge on any atom is -0.315 e. The molecule has 2 aromatic rings. The molecule has 0 amide bonds. The van der Waals surface area contributed by atoms with Gasteiger partial charge in [-0.1, -0.05) is 42.5 Å². The molecule has 0 aliphatic heterocycles. The van der Waals surface area contributed by atoms with E-state index in [1.807, 2.05) is 10.9 Å². The van der Waals surface area contributed by atoms with Gasteiger partial charge in [0, 0.05) is 12.7 Å². The van der Waals surface area contributed by atoms with Crippen molar-refractivity contribution in [3.8, 4) is 0 Å². The quantitative estimate of drug-likeness (QED) is 0.758. The van der Waals surface area contributed by atoms with Crippen LogP contribution < -0.4 is 5.32 Å². The molecule has 0 bridgehead atoms. The SMILES string of the molecule is CC(CCNCCn1ccnn1)c1ccccc1. The molecule has 1 aromatic heterocycles. The molecule has 1 unspecified atom stereocenters. The van der Waals surface area contributed by atoms with Crippen LogP contribution in [0.15, 0.2) is 42.7 Å². The first-order chi connectivity index (χ1) is 8.86. The summed E-state index contributed by atoms with van der Waals surface area (Å²) in [6, 6.07) is 10.7. The molecule has 2 rings (SSSR count). The molecular weight excluding hydrogens is 224 g/mol. The lowest BCUT2D eigenvalue weighted by Crippen LogP contribution is -2.22. The molecule has 0 aliphatic carbocycles. The maximum absolute atomic E-state index is 3.92. The summed E-state index contributed by atoms with van der Waals surface area (Å²) in [5, 5.41) is 11.1. The minimum atomic E-state index is 0.602. The summed E-state index contributed by atoms with van der Waals surface area (Å²) in [6.45, 7) is 5.11. The van der Waals surface area contributed by atoms with E-state index in [2.05, 4.69) is 52.9 Å². The number of aromatic nitrogens is 3. The summed E-state index contributed by atoms with van der Waals surface area (Å²) in [7, 11) is 0. The highest BCUT2D eigenvalue weighted by Crippen LogP contribution is 2.17.